The largest absolute Gasteiger partial charge is 0.479 e. The molecule has 1 saturated heterocycles. The van der Waals surface area contributed by atoms with Crippen molar-refractivity contribution in [3.8, 4) is 0 Å². The van der Waals surface area contributed by atoms with Crippen molar-refractivity contribution in [1.29, 1.82) is 0 Å². The minimum Gasteiger partial charge on any atom is -0.479 e. The van der Waals surface area contributed by atoms with Gasteiger partial charge in [-0.2, -0.15) is 0 Å². The van der Waals surface area contributed by atoms with E-state index in [9.17, 15) is 9.59 Å². The van der Waals surface area contributed by atoms with E-state index in [0.717, 1.165) is 5.56 Å². The molecule has 2 rings (SSSR count). The fourth-order valence-corrected chi connectivity index (χ4v) is 1.82. The molecule has 2 N–H and O–H groups in total. The molecule has 1 aliphatic rings. The summed E-state index contributed by atoms with van der Waals surface area (Å²) < 4.78 is 5.15. The first-order valence-electron chi connectivity index (χ1n) is 5.71. The number of carbonyl (C=O) groups excluding carboxylic acids is 1. The minimum absolute atomic E-state index is 0.268. The third kappa shape index (κ3) is 3.04. The molecule has 1 aromatic heterocycles. The Kier molecular flexibility index (Phi) is 3.88. The lowest BCUT2D eigenvalue weighted by molar-refractivity contribution is -0.151. The van der Waals surface area contributed by atoms with Crippen LogP contribution in [0.5, 0.6) is 0 Å². The summed E-state index contributed by atoms with van der Waals surface area (Å²) in [6.45, 7) is 0.388. The van der Waals surface area contributed by atoms with Gasteiger partial charge in [-0.25, -0.2) is 4.79 Å². The van der Waals surface area contributed by atoms with Crippen molar-refractivity contribution in [2.24, 2.45) is 0 Å². The summed E-state index contributed by atoms with van der Waals surface area (Å²) in [6.07, 6.45) is 2.60. The summed E-state index contributed by atoms with van der Waals surface area (Å²) in [6, 6.07) is 3.60. The van der Waals surface area contributed by atoms with Crippen molar-refractivity contribution in [1.82, 2.24) is 10.3 Å². The van der Waals surface area contributed by atoms with E-state index in [1.165, 1.54) is 0 Å². The summed E-state index contributed by atoms with van der Waals surface area (Å²) in [5.41, 5.74) is 0.936. The highest BCUT2D eigenvalue weighted by atomic mass is 16.5. The SMILES string of the molecule is O=C(O)C1CCC(C(=O)NCc2ccncc2)O1. The predicted octanol–water partition coefficient (Wildman–Crippen LogP) is 0.330. The lowest BCUT2D eigenvalue weighted by Crippen LogP contribution is -2.35. The first-order valence-corrected chi connectivity index (χ1v) is 5.71. The molecule has 2 atom stereocenters. The van der Waals surface area contributed by atoms with Gasteiger partial charge in [-0.3, -0.25) is 9.78 Å². The molecule has 1 aliphatic heterocycles. The van der Waals surface area contributed by atoms with Gasteiger partial charge in [0.2, 0.25) is 5.91 Å². The maximum atomic E-state index is 11.7. The maximum Gasteiger partial charge on any atom is 0.332 e. The molecule has 2 heterocycles. The summed E-state index contributed by atoms with van der Waals surface area (Å²) in [5.74, 6) is -1.28. The van der Waals surface area contributed by atoms with Crippen molar-refractivity contribution in [2.45, 2.75) is 31.6 Å². The van der Waals surface area contributed by atoms with E-state index in [4.69, 9.17) is 9.84 Å². The van der Waals surface area contributed by atoms with E-state index < -0.39 is 18.2 Å². The first kappa shape index (κ1) is 12.5. The zero-order valence-corrected chi connectivity index (χ0v) is 9.70. The highest BCUT2D eigenvalue weighted by molar-refractivity contribution is 5.82. The smallest absolute Gasteiger partial charge is 0.332 e. The highest BCUT2D eigenvalue weighted by Gasteiger charge is 2.34. The highest BCUT2D eigenvalue weighted by Crippen LogP contribution is 2.19. The number of ether oxygens (including phenoxy) is 1. The van der Waals surface area contributed by atoms with E-state index in [-0.39, 0.29) is 5.91 Å². The van der Waals surface area contributed by atoms with E-state index in [2.05, 4.69) is 10.3 Å². The van der Waals surface area contributed by atoms with E-state index >= 15 is 0 Å². The third-order valence-corrected chi connectivity index (χ3v) is 2.80. The van der Waals surface area contributed by atoms with Crippen LogP contribution in [0.1, 0.15) is 18.4 Å². The Morgan fingerprint density at radius 3 is 2.61 bits per heavy atom. The maximum absolute atomic E-state index is 11.7. The molecule has 2 unspecified atom stereocenters. The number of aromatic nitrogens is 1. The monoisotopic (exact) mass is 250 g/mol. The van der Waals surface area contributed by atoms with Crippen molar-refractivity contribution < 1.29 is 19.4 Å². The number of nitrogens with one attached hydrogen (secondary N) is 1. The normalized spacial score (nSPS) is 22.7. The van der Waals surface area contributed by atoms with Crippen LogP contribution in [0.4, 0.5) is 0 Å². The Hall–Kier alpha value is -1.95. The first-order chi connectivity index (χ1) is 8.66. The summed E-state index contributed by atoms with van der Waals surface area (Å²) in [5, 5.41) is 11.5. The number of carbonyl (C=O) groups is 2. The molecular weight excluding hydrogens is 236 g/mol. The molecule has 0 aliphatic carbocycles. The number of pyridine rings is 1. The Morgan fingerprint density at radius 2 is 2.00 bits per heavy atom. The second kappa shape index (κ2) is 5.59. The molecule has 0 radical (unpaired) electrons. The molecule has 0 spiro atoms. The lowest BCUT2D eigenvalue weighted by atomic mass is 10.2. The van der Waals surface area contributed by atoms with Crippen LogP contribution in [0, 0.1) is 0 Å². The standard InChI is InChI=1S/C12H14N2O4/c15-11(9-1-2-10(18-9)12(16)17)14-7-8-3-5-13-6-4-8/h3-6,9-10H,1-2,7H2,(H,14,15)(H,16,17). The number of hydrogen-bond donors (Lipinski definition) is 2. The zero-order chi connectivity index (χ0) is 13.0. The fraction of sp³-hybridized carbons (Fsp3) is 0.417. The van der Waals surface area contributed by atoms with Gasteiger partial charge >= 0.3 is 5.97 Å². The average molecular weight is 250 g/mol. The molecule has 6 heteroatoms. The van der Waals surface area contributed by atoms with Crippen LogP contribution in [-0.4, -0.2) is 34.2 Å². The molecule has 18 heavy (non-hydrogen) atoms. The Bertz CT molecular complexity index is 435. The van der Waals surface area contributed by atoms with Crippen molar-refractivity contribution >= 4 is 11.9 Å². The molecule has 1 aromatic rings. The molecule has 6 nitrogen and oxygen atoms in total. The number of rotatable bonds is 4. The van der Waals surface area contributed by atoms with Crippen LogP contribution in [0.3, 0.4) is 0 Å². The van der Waals surface area contributed by atoms with Gasteiger partial charge in [0.25, 0.3) is 0 Å². The zero-order valence-electron chi connectivity index (χ0n) is 9.70. The average Bonchev–Trinajstić information content (AvgIpc) is 2.87. The van der Waals surface area contributed by atoms with E-state index in [1.54, 1.807) is 24.5 Å². The molecule has 0 aromatic carbocycles. The molecule has 0 saturated carbocycles. The fourth-order valence-electron chi connectivity index (χ4n) is 1.82. The topological polar surface area (TPSA) is 88.5 Å². The van der Waals surface area contributed by atoms with Crippen LogP contribution >= 0.6 is 0 Å². The number of amides is 1. The van der Waals surface area contributed by atoms with E-state index in [0.29, 0.717) is 19.4 Å². The predicted molar refractivity (Wildman–Crippen MR) is 61.6 cm³/mol. The Balaban J connectivity index is 1.81. The number of carboxylic acid groups (broad SMARTS) is 1. The lowest BCUT2D eigenvalue weighted by Gasteiger charge is -2.11. The van der Waals surface area contributed by atoms with Gasteiger partial charge in [-0.1, -0.05) is 0 Å². The second-order valence-corrected chi connectivity index (χ2v) is 4.10. The van der Waals surface area contributed by atoms with Gasteiger partial charge in [0.1, 0.15) is 6.10 Å². The van der Waals surface area contributed by atoms with Crippen LogP contribution < -0.4 is 5.32 Å². The number of nitrogens with zero attached hydrogens (tertiary/aromatic N) is 1. The molecular formula is C12H14N2O4. The van der Waals surface area contributed by atoms with Crippen molar-refractivity contribution in [3.63, 3.8) is 0 Å². The Morgan fingerprint density at radius 1 is 1.33 bits per heavy atom. The van der Waals surface area contributed by atoms with Crippen LogP contribution in [0.15, 0.2) is 24.5 Å². The van der Waals surface area contributed by atoms with Crippen LogP contribution in [-0.2, 0) is 20.9 Å². The summed E-state index contributed by atoms with van der Waals surface area (Å²) in [7, 11) is 0. The van der Waals surface area contributed by atoms with Gasteiger partial charge in [-0.15, -0.1) is 0 Å². The molecule has 1 amide bonds. The van der Waals surface area contributed by atoms with Crippen LogP contribution in [0.2, 0.25) is 0 Å². The van der Waals surface area contributed by atoms with Crippen molar-refractivity contribution in [2.75, 3.05) is 0 Å². The minimum atomic E-state index is -1.01. The van der Waals surface area contributed by atoms with Gasteiger partial charge in [0.15, 0.2) is 6.10 Å². The van der Waals surface area contributed by atoms with Gasteiger partial charge < -0.3 is 15.2 Å². The number of aliphatic carboxylic acids is 1. The van der Waals surface area contributed by atoms with Gasteiger partial charge in [-0.05, 0) is 30.5 Å². The van der Waals surface area contributed by atoms with Crippen LogP contribution in [0.25, 0.3) is 0 Å². The summed E-state index contributed by atoms with van der Waals surface area (Å²) in [4.78, 5) is 26.3. The van der Waals surface area contributed by atoms with Gasteiger partial charge in [0, 0.05) is 18.9 Å². The molecule has 1 fully saturated rings. The summed E-state index contributed by atoms with van der Waals surface area (Å²) >= 11 is 0. The quantitative estimate of drug-likeness (QED) is 0.804. The molecule has 0 bridgehead atoms. The number of hydrogen-bond acceptors (Lipinski definition) is 4. The Labute approximate surface area is 104 Å². The number of carboxylic acids is 1. The third-order valence-electron chi connectivity index (χ3n) is 2.80. The molecule has 96 valence electrons. The van der Waals surface area contributed by atoms with Crippen molar-refractivity contribution in [3.05, 3.63) is 30.1 Å². The van der Waals surface area contributed by atoms with E-state index in [1.807, 2.05) is 0 Å². The second-order valence-electron chi connectivity index (χ2n) is 4.10. The van der Waals surface area contributed by atoms with Gasteiger partial charge in [0.05, 0.1) is 0 Å².